The van der Waals surface area contributed by atoms with Crippen LogP contribution in [0.4, 0.5) is 0 Å². The van der Waals surface area contributed by atoms with E-state index in [0.717, 1.165) is 18.5 Å². The molecule has 2 rings (SSSR count). The summed E-state index contributed by atoms with van der Waals surface area (Å²) < 4.78 is 5.48. The summed E-state index contributed by atoms with van der Waals surface area (Å²) in [5, 5.41) is 10.1. The fourth-order valence-corrected chi connectivity index (χ4v) is 2.28. The van der Waals surface area contributed by atoms with Crippen LogP contribution in [0.25, 0.3) is 0 Å². The molecular weight excluding hydrogens is 214 g/mol. The Kier molecular flexibility index (Phi) is 4.13. The fourth-order valence-electron chi connectivity index (χ4n) is 2.28. The van der Waals surface area contributed by atoms with Crippen LogP contribution in [0.2, 0.25) is 0 Å². The molecule has 0 aromatic carbocycles. The summed E-state index contributed by atoms with van der Waals surface area (Å²) in [7, 11) is 0. The molecule has 0 aliphatic carbocycles. The summed E-state index contributed by atoms with van der Waals surface area (Å²) in [5.41, 5.74) is 2.20. The highest BCUT2D eigenvalue weighted by atomic mass is 16.5. The lowest BCUT2D eigenvalue weighted by molar-refractivity contribution is 0.0802. The molecule has 1 aromatic heterocycles. The number of aliphatic hydroxyl groups is 1. The zero-order valence-electron chi connectivity index (χ0n) is 10.6. The Labute approximate surface area is 103 Å². The van der Waals surface area contributed by atoms with Gasteiger partial charge in [0.2, 0.25) is 0 Å². The third-order valence-electron chi connectivity index (χ3n) is 3.49. The number of ether oxygens (including phenoxy) is 1. The predicted octanol–water partition coefficient (Wildman–Crippen LogP) is 1.97. The molecule has 3 atom stereocenters. The molecule has 17 heavy (non-hydrogen) atoms. The Morgan fingerprint density at radius 3 is 2.88 bits per heavy atom. The van der Waals surface area contributed by atoms with Crippen LogP contribution >= 0.6 is 0 Å². The SMILES string of the molecule is CCc1ccc(CC(O)C2COC(C)C2)nc1. The number of hydrogen-bond donors (Lipinski definition) is 1. The maximum Gasteiger partial charge on any atom is 0.0646 e. The second kappa shape index (κ2) is 5.61. The zero-order valence-corrected chi connectivity index (χ0v) is 10.6. The molecule has 2 heterocycles. The van der Waals surface area contributed by atoms with E-state index in [1.165, 1.54) is 5.56 Å². The smallest absolute Gasteiger partial charge is 0.0646 e. The van der Waals surface area contributed by atoms with E-state index >= 15 is 0 Å². The second-order valence-electron chi connectivity index (χ2n) is 4.92. The summed E-state index contributed by atoms with van der Waals surface area (Å²) in [5.74, 6) is 0.262. The van der Waals surface area contributed by atoms with E-state index in [4.69, 9.17) is 4.74 Å². The lowest BCUT2D eigenvalue weighted by Gasteiger charge is -2.16. The summed E-state index contributed by atoms with van der Waals surface area (Å²) in [6.45, 7) is 4.85. The van der Waals surface area contributed by atoms with Crippen molar-refractivity contribution in [3.63, 3.8) is 0 Å². The van der Waals surface area contributed by atoms with Gasteiger partial charge in [0.15, 0.2) is 0 Å². The molecule has 1 N–H and O–H groups in total. The highest BCUT2D eigenvalue weighted by molar-refractivity contribution is 5.14. The van der Waals surface area contributed by atoms with Gasteiger partial charge in [-0.15, -0.1) is 0 Å². The normalized spacial score (nSPS) is 26.1. The van der Waals surface area contributed by atoms with Crippen LogP contribution in [0.5, 0.6) is 0 Å². The fraction of sp³-hybridized carbons (Fsp3) is 0.643. The Bertz CT molecular complexity index is 350. The molecule has 0 spiro atoms. The average Bonchev–Trinajstić information content (AvgIpc) is 2.77. The molecule has 0 saturated carbocycles. The van der Waals surface area contributed by atoms with Gasteiger partial charge in [-0.2, -0.15) is 0 Å². The molecular formula is C14H21NO2. The van der Waals surface area contributed by atoms with Gasteiger partial charge in [-0.1, -0.05) is 13.0 Å². The van der Waals surface area contributed by atoms with Gasteiger partial charge in [0.05, 0.1) is 18.8 Å². The molecule has 1 fully saturated rings. The number of aromatic nitrogens is 1. The quantitative estimate of drug-likeness (QED) is 0.867. The van der Waals surface area contributed by atoms with Gasteiger partial charge in [-0.05, 0) is 31.4 Å². The molecule has 1 aliphatic rings. The van der Waals surface area contributed by atoms with E-state index < -0.39 is 0 Å². The Morgan fingerprint density at radius 2 is 2.35 bits per heavy atom. The van der Waals surface area contributed by atoms with Crippen molar-refractivity contribution in [2.75, 3.05) is 6.61 Å². The van der Waals surface area contributed by atoms with Crippen molar-refractivity contribution in [1.29, 1.82) is 0 Å². The zero-order chi connectivity index (χ0) is 12.3. The Morgan fingerprint density at radius 1 is 1.53 bits per heavy atom. The minimum absolute atomic E-state index is 0.262. The van der Waals surface area contributed by atoms with Crippen LogP contribution in [0.1, 0.15) is 31.5 Å². The van der Waals surface area contributed by atoms with E-state index in [2.05, 4.69) is 24.9 Å². The molecule has 0 bridgehead atoms. The molecule has 0 amide bonds. The highest BCUT2D eigenvalue weighted by Gasteiger charge is 2.28. The van der Waals surface area contributed by atoms with Gasteiger partial charge in [-0.3, -0.25) is 4.98 Å². The third kappa shape index (κ3) is 3.27. The maximum absolute atomic E-state index is 10.1. The first kappa shape index (κ1) is 12.5. The van der Waals surface area contributed by atoms with Crippen molar-refractivity contribution in [2.24, 2.45) is 5.92 Å². The summed E-state index contributed by atoms with van der Waals surface area (Å²) >= 11 is 0. The van der Waals surface area contributed by atoms with E-state index in [-0.39, 0.29) is 18.1 Å². The number of pyridine rings is 1. The van der Waals surface area contributed by atoms with E-state index in [1.54, 1.807) is 0 Å². The third-order valence-corrected chi connectivity index (χ3v) is 3.49. The Balaban J connectivity index is 1.91. The number of nitrogens with zero attached hydrogens (tertiary/aromatic N) is 1. The number of rotatable bonds is 4. The van der Waals surface area contributed by atoms with E-state index in [9.17, 15) is 5.11 Å². The lowest BCUT2D eigenvalue weighted by atomic mass is 9.95. The summed E-state index contributed by atoms with van der Waals surface area (Å²) in [4.78, 5) is 4.38. The van der Waals surface area contributed by atoms with Crippen molar-refractivity contribution in [1.82, 2.24) is 4.98 Å². The minimum Gasteiger partial charge on any atom is -0.392 e. The summed E-state index contributed by atoms with van der Waals surface area (Å²) in [6, 6.07) is 4.10. The lowest BCUT2D eigenvalue weighted by Crippen LogP contribution is -2.23. The van der Waals surface area contributed by atoms with Crippen LogP contribution in [0, 0.1) is 5.92 Å². The molecule has 94 valence electrons. The van der Waals surface area contributed by atoms with E-state index in [1.807, 2.05) is 12.3 Å². The number of aryl methyl sites for hydroxylation is 1. The van der Waals surface area contributed by atoms with Crippen molar-refractivity contribution < 1.29 is 9.84 Å². The molecule has 3 nitrogen and oxygen atoms in total. The van der Waals surface area contributed by atoms with Crippen LogP contribution in [0.15, 0.2) is 18.3 Å². The summed E-state index contributed by atoms with van der Waals surface area (Å²) in [6.07, 6.45) is 4.43. The van der Waals surface area contributed by atoms with Crippen LogP contribution < -0.4 is 0 Å². The standard InChI is InChI=1S/C14H21NO2/c1-3-11-4-5-13(15-8-11)7-14(16)12-6-10(2)17-9-12/h4-5,8,10,12,14,16H,3,6-7,9H2,1-2H3. The van der Waals surface area contributed by atoms with Crippen LogP contribution in [-0.4, -0.2) is 28.9 Å². The maximum atomic E-state index is 10.1. The Hall–Kier alpha value is -0.930. The molecule has 3 heteroatoms. The van der Waals surface area contributed by atoms with Gasteiger partial charge >= 0.3 is 0 Å². The molecule has 0 radical (unpaired) electrons. The predicted molar refractivity (Wildman–Crippen MR) is 66.8 cm³/mol. The monoisotopic (exact) mass is 235 g/mol. The largest absolute Gasteiger partial charge is 0.392 e. The van der Waals surface area contributed by atoms with Gasteiger partial charge in [0.1, 0.15) is 0 Å². The molecule has 3 unspecified atom stereocenters. The van der Waals surface area contributed by atoms with Crippen molar-refractivity contribution in [3.8, 4) is 0 Å². The number of aliphatic hydroxyl groups excluding tert-OH is 1. The molecule has 1 aromatic rings. The number of hydrogen-bond acceptors (Lipinski definition) is 3. The van der Waals surface area contributed by atoms with Crippen LogP contribution in [-0.2, 0) is 17.6 Å². The van der Waals surface area contributed by atoms with Crippen molar-refractivity contribution in [3.05, 3.63) is 29.6 Å². The van der Waals surface area contributed by atoms with Crippen molar-refractivity contribution >= 4 is 0 Å². The van der Waals surface area contributed by atoms with Crippen molar-refractivity contribution in [2.45, 2.75) is 45.3 Å². The average molecular weight is 235 g/mol. The first-order valence-corrected chi connectivity index (χ1v) is 6.42. The molecule has 1 saturated heterocycles. The first-order valence-electron chi connectivity index (χ1n) is 6.42. The van der Waals surface area contributed by atoms with Gasteiger partial charge in [0, 0.05) is 24.2 Å². The highest BCUT2D eigenvalue weighted by Crippen LogP contribution is 2.23. The van der Waals surface area contributed by atoms with Gasteiger partial charge in [-0.25, -0.2) is 0 Å². The topological polar surface area (TPSA) is 42.4 Å². The van der Waals surface area contributed by atoms with Crippen LogP contribution in [0.3, 0.4) is 0 Å². The van der Waals surface area contributed by atoms with Gasteiger partial charge in [0.25, 0.3) is 0 Å². The van der Waals surface area contributed by atoms with E-state index in [0.29, 0.717) is 13.0 Å². The van der Waals surface area contributed by atoms with Gasteiger partial charge < -0.3 is 9.84 Å². The second-order valence-corrected chi connectivity index (χ2v) is 4.92. The minimum atomic E-state index is -0.333. The first-order chi connectivity index (χ1) is 8.19. The molecule has 1 aliphatic heterocycles.